The van der Waals surface area contributed by atoms with E-state index < -0.39 is 0 Å². The van der Waals surface area contributed by atoms with Gasteiger partial charge in [0.15, 0.2) is 0 Å². The lowest BCUT2D eigenvalue weighted by molar-refractivity contribution is -0.101. The lowest BCUT2D eigenvalue weighted by Gasteiger charge is -2.43. The number of rotatable bonds is 4. The topological polar surface area (TPSA) is 57.6 Å². The summed E-state index contributed by atoms with van der Waals surface area (Å²) in [4.78, 5) is 6.74. The number of hydrogen-bond donors (Lipinski definition) is 2. The molecule has 1 saturated heterocycles. The van der Waals surface area contributed by atoms with Crippen LogP contribution in [0, 0.1) is 0 Å². The minimum absolute atomic E-state index is 0.0439. The van der Waals surface area contributed by atoms with E-state index in [0.717, 1.165) is 17.9 Å². The second-order valence-corrected chi connectivity index (χ2v) is 6.01. The van der Waals surface area contributed by atoms with Crippen molar-refractivity contribution < 1.29 is 9.84 Å². The molecule has 5 nitrogen and oxygen atoms in total. The Morgan fingerprint density at radius 3 is 2.85 bits per heavy atom. The van der Waals surface area contributed by atoms with E-state index in [4.69, 9.17) is 4.74 Å². The van der Waals surface area contributed by atoms with Gasteiger partial charge in [-0.2, -0.15) is 0 Å². The normalized spacial score (nSPS) is 23.6. The molecule has 1 aliphatic rings. The van der Waals surface area contributed by atoms with Crippen molar-refractivity contribution in [3.05, 3.63) is 24.0 Å². The Morgan fingerprint density at radius 1 is 1.55 bits per heavy atom. The lowest BCUT2D eigenvalue weighted by atomic mass is 10.0. The van der Waals surface area contributed by atoms with Crippen LogP contribution in [0.2, 0.25) is 0 Å². The van der Waals surface area contributed by atoms with Crippen LogP contribution < -0.4 is 10.2 Å². The number of ether oxygens (including phenoxy) is 1. The third-order valence-electron chi connectivity index (χ3n) is 3.70. The van der Waals surface area contributed by atoms with Crippen molar-refractivity contribution in [2.24, 2.45) is 0 Å². The number of nitrogens with one attached hydrogen (secondary N) is 1. The average Bonchev–Trinajstić information content (AvgIpc) is 2.44. The van der Waals surface area contributed by atoms with Gasteiger partial charge in [-0.15, -0.1) is 0 Å². The van der Waals surface area contributed by atoms with Gasteiger partial charge in [-0.1, -0.05) is 0 Å². The second kappa shape index (κ2) is 6.08. The van der Waals surface area contributed by atoms with Gasteiger partial charge in [0.05, 0.1) is 35.9 Å². The monoisotopic (exact) mass is 279 g/mol. The molecule has 2 unspecified atom stereocenters. The van der Waals surface area contributed by atoms with Crippen molar-refractivity contribution in [1.82, 2.24) is 10.3 Å². The van der Waals surface area contributed by atoms with Crippen LogP contribution >= 0.6 is 0 Å². The molecule has 0 amide bonds. The standard InChI is InChI=1S/C15H25N3O2/c1-11(16-4)14-6-5-12(7-17-14)18-8-13(9-19)20-15(2,3)10-18/h5-7,11,13,16,19H,8-10H2,1-4H3. The van der Waals surface area contributed by atoms with E-state index in [2.05, 4.69) is 28.2 Å². The van der Waals surface area contributed by atoms with Crippen LogP contribution in [-0.4, -0.2) is 48.5 Å². The summed E-state index contributed by atoms with van der Waals surface area (Å²) in [6, 6.07) is 4.38. The Morgan fingerprint density at radius 2 is 2.30 bits per heavy atom. The highest BCUT2D eigenvalue weighted by atomic mass is 16.5. The Balaban J connectivity index is 2.14. The summed E-state index contributed by atoms with van der Waals surface area (Å²) >= 11 is 0. The van der Waals surface area contributed by atoms with Crippen LogP contribution in [0.1, 0.15) is 32.5 Å². The molecule has 0 spiro atoms. The Kier molecular flexibility index (Phi) is 4.62. The number of pyridine rings is 1. The minimum atomic E-state index is -0.261. The van der Waals surface area contributed by atoms with Crippen LogP contribution in [0.15, 0.2) is 18.3 Å². The number of anilines is 1. The first-order valence-corrected chi connectivity index (χ1v) is 7.12. The van der Waals surface area contributed by atoms with Crippen molar-refractivity contribution >= 4 is 5.69 Å². The molecule has 2 N–H and O–H groups in total. The van der Waals surface area contributed by atoms with E-state index in [9.17, 15) is 5.11 Å². The van der Waals surface area contributed by atoms with Gasteiger partial charge in [-0.3, -0.25) is 4.98 Å². The van der Waals surface area contributed by atoms with E-state index in [-0.39, 0.29) is 24.4 Å². The molecule has 0 saturated carbocycles. The maximum atomic E-state index is 9.36. The fourth-order valence-electron chi connectivity index (χ4n) is 2.58. The molecule has 1 aromatic rings. The molecule has 112 valence electrons. The van der Waals surface area contributed by atoms with E-state index >= 15 is 0 Å². The molecular weight excluding hydrogens is 254 g/mol. The molecule has 0 aromatic carbocycles. The molecule has 0 bridgehead atoms. The summed E-state index contributed by atoms with van der Waals surface area (Å²) in [7, 11) is 1.93. The maximum Gasteiger partial charge on any atom is 0.0988 e. The minimum Gasteiger partial charge on any atom is -0.394 e. The molecule has 0 aliphatic carbocycles. The summed E-state index contributed by atoms with van der Waals surface area (Å²) in [5, 5.41) is 12.5. The van der Waals surface area contributed by atoms with Gasteiger partial charge in [0, 0.05) is 19.1 Å². The fraction of sp³-hybridized carbons (Fsp3) is 0.667. The van der Waals surface area contributed by atoms with Gasteiger partial charge in [0.1, 0.15) is 0 Å². The first kappa shape index (κ1) is 15.2. The molecule has 1 aliphatic heterocycles. The second-order valence-electron chi connectivity index (χ2n) is 6.01. The zero-order valence-electron chi connectivity index (χ0n) is 12.8. The van der Waals surface area contributed by atoms with Crippen LogP contribution in [0.5, 0.6) is 0 Å². The smallest absolute Gasteiger partial charge is 0.0988 e. The summed E-state index contributed by atoms with van der Waals surface area (Å²) in [5.41, 5.74) is 1.84. The summed E-state index contributed by atoms with van der Waals surface area (Å²) in [5.74, 6) is 0. The van der Waals surface area contributed by atoms with Crippen LogP contribution in [0.4, 0.5) is 5.69 Å². The van der Waals surface area contributed by atoms with E-state index in [0.29, 0.717) is 6.54 Å². The highest BCUT2D eigenvalue weighted by molar-refractivity contribution is 5.46. The van der Waals surface area contributed by atoms with E-state index in [1.165, 1.54) is 0 Å². The Labute approximate surface area is 121 Å². The predicted octanol–water partition coefficient (Wildman–Crippen LogP) is 1.34. The number of morpholine rings is 1. The third-order valence-corrected chi connectivity index (χ3v) is 3.70. The van der Waals surface area contributed by atoms with Crippen molar-refractivity contribution in [3.8, 4) is 0 Å². The molecule has 5 heteroatoms. The van der Waals surface area contributed by atoms with Crippen molar-refractivity contribution in [2.45, 2.75) is 38.5 Å². The Hall–Kier alpha value is -1.17. The number of aliphatic hydroxyl groups excluding tert-OH is 1. The number of aliphatic hydroxyl groups is 1. The highest BCUT2D eigenvalue weighted by Crippen LogP contribution is 2.26. The molecule has 0 radical (unpaired) electrons. The fourth-order valence-corrected chi connectivity index (χ4v) is 2.58. The number of hydrogen-bond acceptors (Lipinski definition) is 5. The van der Waals surface area contributed by atoms with Gasteiger partial charge in [-0.25, -0.2) is 0 Å². The SMILES string of the molecule is CNC(C)c1ccc(N2CC(CO)OC(C)(C)C2)cn1. The maximum absolute atomic E-state index is 9.36. The molecule has 2 heterocycles. The van der Waals surface area contributed by atoms with Crippen LogP contribution in [0.3, 0.4) is 0 Å². The highest BCUT2D eigenvalue weighted by Gasteiger charge is 2.33. The van der Waals surface area contributed by atoms with E-state index in [1.807, 2.05) is 33.2 Å². The largest absolute Gasteiger partial charge is 0.394 e. The van der Waals surface area contributed by atoms with Gasteiger partial charge in [0.2, 0.25) is 0 Å². The molecule has 1 fully saturated rings. The van der Waals surface area contributed by atoms with Crippen molar-refractivity contribution in [1.29, 1.82) is 0 Å². The third kappa shape index (κ3) is 3.48. The van der Waals surface area contributed by atoms with Crippen LogP contribution in [-0.2, 0) is 4.74 Å². The Bertz CT molecular complexity index is 433. The molecule has 1 aromatic heterocycles. The van der Waals surface area contributed by atoms with E-state index in [1.54, 1.807) is 0 Å². The summed E-state index contributed by atoms with van der Waals surface area (Å²) in [6.07, 6.45) is 1.76. The van der Waals surface area contributed by atoms with Crippen molar-refractivity contribution in [3.63, 3.8) is 0 Å². The molecule has 20 heavy (non-hydrogen) atoms. The average molecular weight is 279 g/mol. The summed E-state index contributed by atoms with van der Waals surface area (Å²) < 4.78 is 5.83. The van der Waals surface area contributed by atoms with Gasteiger partial charge in [0.25, 0.3) is 0 Å². The molecular formula is C15H25N3O2. The zero-order valence-corrected chi connectivity index (χ0v) is 12.8. The summed E-state index contributed by atoms with van der Waals surface area (Å²) in [6.45, 7) is 7.72. The van der Waals surface area contributed by atoms with Crippen LogP contribution in [0.25, 0.3) is 0 Å². The zero-order chi connectivity index (χ0) is 14.8. The number of aromatic nitrogens is 1. The first-order valence-electron chi connectivity index (χ1n) is 7.12. The molecule has 2 atom stereocenters. The first-order chi connectivity index (χ1) is 9.45. The van der Waals surface area contributed by atoms with Gasteiger partial charge < -0.3 is 20.1 Å². The lowest BCUT2D eigenvalue weighted by Crippen LogP contribution is -2.54. The molecule has 2 rings (SSSR count). The predicted molar refractivity (Wildman–Crippen MR) is 80.0 cm³/mol. The van der Waals surface area contributed by atoms with Gasteiger partial charge >= 0.3 is 0 Å². The number of nitrogens with zero attached hydrogens (tertiary/aromatic N) is 2. The van der Waals surface area contributed by atoms with Gasteiger partial charge in [-0.05, 0) is 40.0 Å². The van der Waals surface area contributed by atoms with Crippen molar-refractivity contribution in [2.75, 3.05) is 31.6 Å². The quantitative estimate of drug-likeness (QED) is 0.871.